The first-order chi connectivity index (χ1) is 10.2. The van der Waals surface area contributed by atoms with Crippen LogP contribution < -0.4 is 14.8 Å². The number of nitrogens with one attached hydrogen (secondary N) is 1. The van der Waals surface area contributed by atoms with E-state index in [1.165, 1.54) is 18.4 Å². The van der Waals surface area contributed by atoms with Gasteiger partial charge in [0.15, 0.2) is 11.5 Å². The molecule has 1 heterocycles. The van der Waals surface area contributed by atoms with E-state index in [1.54, 1.807) is 14.2 Å². The van der Waals surface area contributed by atoms with E-state index < -0.39 is 0 Å². The number of ether oxygens (including phenoxy) is 2. The summed E-state index contributed by atoms with van der Waals surface area (Å²) in [5.41, 5.74) is 1.55. The molecule has 0 unspecified atom stereocenters. The summed E-state index contributed by atoms with van der Waals surface area (Å²) in [5, 5.41) is 3.70. The van der Waals surface area contributed by atoms with Crippen LogP contribution in [0.25, 0.3) is 0 Å². The Morgan fingerprint density at radius 2 is 1.86 bits per heavy atom. The minimum Gasteiger partial charge on any atom is -0.493 e. The van der Waals surface area contributed by atoms with Crippen LogP contribution in [-0.2, 0) is 6.54 Å². The van der Waals surface area contributed by atoms with Crippen molar-refractivity contribution in [1.29, 1.82) is 0 Å². The molecule has 4 nitrogen and oxygen atoms in total. The first kappa shape index (κ1) is 16.1. The van der Waals surface area contributed by atoms with E-state index in [1.807, 2.05) is 6.07 Å². The molecule has 0 radical (unpaired) electrons. The van der Waals surface area contributed by atoms with E-state index in [9.17, 15) is 0 Å². The number of nitrogens with zero attached hydrogens (tertiary/aromatic N) is 1. The van der Waals surface area contributed by atoms with Crippen molar-refractivity contribution in [3.8, 4) is 11.5 Å². The fourth-order valence-electron chi connectivity index (χ4n) is 3.14. The van der Waals surface area contributed by atoms with Gasteiger partial charge < -0.3 is 14.8 Å². The van der Waals surface area contributed by atoms with Crippen molar-refractivity contribution < 1.29 is 9.47 Å². The molecule has 1 aromatic carbocycles. The lowest BCUT2D eigenvalue weighted by molar-refractivity contribution is 0.118. The summed E-state index contributed by atoms with van der Waals surface area (Å²) in [5.74, 6) is 1.60. The third-order valence-corrected chi connectivity index (χ3v) is 4.66. The number of piperazine rings is 1. The molecule has 1 aliphatic heterocycles. The molecule has 118 valence electrons. The van der Waals surface area contributed by atoms with Crippen LogP contribution in [0.1, 0.15) is 32.3 Å². The Labute approximate surface area is 128 Å². The van der Waals surface area contributed by atoms with Gasteiger partial charge in [-0.3, -0.25) is 4.90 Å². The average Bonchev–Trinajstić information content (AvgIpc) is 2.54. The number of hydrogen-bond donors (Lipinski definition) is 1. The lowest BCUT2D eigenvalue weighted by Crippen LogP contribution is -2.59. The topological polar surface area (TPSA) is 33.7 Å². The molecule has 0 aliphatic carbocycles. The summed E-state index contributed by atoms with van der Waals surface area (Å²) in [4.78, 5) is 2.53. The first-order valence-corrected chi connectivity index (χ1v) is 7.84. The molecule has 0 aromatic heterocycles. The normalized spacial score (nSPS) is 18.5. The molecular formula is C17H28N2O2. The van der Waals surface area contributed by atoms with Gasteiger partial charge in [0.25, 0.3) is 0 Å². The van der Waals surface area contributed by atoms with Gasteiger partial charge in [0.1, 0.15) is 0 Å². The van der Waals surface area contributed by atoms with Gasteiger partial charge in [-0.05, 0) is 30.5 Å². The highest BCUT2D eigenvalue weighted by Gasteiger charge is 2.31. The maximum atomic E-state index is 5.39. The Bertz CT molecular complexity index is 458. The highest BCUT2D eigenvalue weighted by molar-refractivity contribution is 5.42. The lowest BCUT2D eigenvalue weighted by Gasteiger charge is -2.43. The standard InChI is InChI=1S/C17H28N2O2/c1-5-17(6-2)13-19(10-9-18-17)12-14-7-8-15(20-3)16(11-14)21-4/h7-8,11,18H,5-6,9-10,12-13H2,1-4H3. The summed E-state index contributed by atoms with van der Waals surface area (Å²) in [6.45, 7) is 8.77. The highest BCUT2D eigenvalue weighted by Crippen LogP contribution is 2.29. The average molecular weight is 292 g/mol. The third-order valence-electron chi connectivity index (χ3n) is 4.66. The second-order valence-corrected chi connectivity index (χ2v) is 5.81. The zero-order valence-electron chi connectivity index (χ0n) is 13.7. The van der Waals surface area contributed by atoms with Crippen LogP contribution in [0.3, 0.4) is 0 Å². The largest absolute Gasteiger partial charge is 0.493 e. The van der Waals surface area contributed by atoms with E-state index in [-0.39, 0.29) is 5.54 Å². The predicted octanol–water partition coefficient (Wildman–Crippen LogP) is 2.67. The highest BCUT2D eigenvalue weighted by atomic mass is 16.5. The van der Waals surface area contributed by atoms with Crippen molar-refractivity contribution in [1.82, 2.24) is 10.2 Å². The van der Waals surface area contributed by atoms with Crippen LogP contribution in [0.4, 0.5) is 0 Å². The zero-order chi connectivity index (χ0) is 15.3. The SMILES string of the molecule is CCC1(CC)CN(Cc2ccc(OC)c(OC)c2)CCN1. The molecule has 1 aromatic rings. The Morgan fingerprint density at radius 3 is 2.48 bits per heavy atom. The Hall–Kier alpha value is -1.26. The number of rotatable bonds is 6. The van der Waals surface area contributed by atoms with Crippen molar-refractivity contribution in [3.05, 3.63) is 23.8 Å². The summed E-state index contributed by atoms with van der Waals surface area (Å²) in [7, 11) is 3.36. The molecule has 1 aliphatic rings. The second-order valence-electron chi connectivity index (χ2n) is 5.81. The van der Waals surface area contributed by atoms with Crippen molar-refractivity contribution in [2.45, 2.75) is 38.8 Å². The van der Waals surface area contributed by atoms with Crippen LogP contribution in [-0.4, -0.2) is 44.3 Å². The van der Waals surface area contributed by atoms with Gasteiger partial charge in [-0.25, -0.2) is 0 Å². The minimum absolute atomic E-state index is 0.273. The summed E-state index contributed by atoms with van der Waals surface area (Å²) >= 11 is 0. The van der Waals surface area contributed by atoms with E-state index >= 15 is 0 Å². The molecule has 0 bridgehead atoms. The van der Waals surface area contributed by atoms with Gasteiger partial charge in [0, 0.05) is 31.7 Å². The molecule has 1 saturated heterocycles. The molecule has 21 heavy (non-hydrogen) atoms. The van der Waals surface area contributed by atoms with Crippen molar-refractivity contribution >= 4 is 0 Å². The first-order valence-electron chi connectivity index (χ1n) is 7.84. The van der Waals surface area contributed by atoms with Crippen molar-refractivity contribution in [2.75, 3.05) is 33.9 Å². The van der Waals surface area contributed by atoms with Gasteiger partial charge in [-0.15, -0.1) is 0 Å². The third kappa shape index (κ3) is 3.69. The fraction of sp³-hybridized carbons (Fsp3) is 0.647. The molecule has 0 saturated carbocycles. The molecule has 4 heteroatoms. The smallest absolute Gasteiger partial charge is 0.161 e. The quantitative estimate of drug-likeness (QED) is 0.874. The van der Waals surface area contributed by atoms with E-state index in [4.69, 9.17) is 9.47 Å². The molecular weight excluding hydrogens is 264 g/mol. The van der Waals surface area contributed by atoms with E-state index in [2.05, 4.69) is 36.2 Å². The van der Waals surface area contributed by atoms with Gasteiger partial charge >= 0.3 is 0 Å². The second kappa shape index (κ2) is 7.14. The monoisotopic (exact) mass is 292 g/mol. The van der Waals surface area contributed by atoms with Crippen LogP contribution >= 0.6 is 0 Å². The maximum Gasteiger partial charge on any atom is 0.161 e. The Kier molecular flexibility index (Phi) is 5.48. The summed E-state index contributed by atoms with van der Waals surface area (Å²) in [6, 6.07) is 6.20. The van der Waals surface area contributed by atoms with E-state index in [0.717, 1.165) is 37.7 Å². The summed E-state index contributed by atoms with van der Waals surface area (Å²) < 4.78 is 10.7. The molecule has 2 rings (SSSR count). The van der Waals surface area contributed by atoms with E-state index in [0.29, 0.717) is 0 Å². The number of hydrogen-bond acceptors (Lipinski definition) is 4. The van der Waals surface area contributed by atoms with Gasteiger partial charge in [-0.1, -0.05) is 19.9 Å². The van der Waals surface area contributed by atoms with Crippen LogP contribution in [0.5, 0.6) is 11.5 Å². The van der Waals surface area contributed by atoms with Crippen molar-refractivity contribution in [2.24, 2.45) is 0 Å². The van der Waals surface area contributed by atoms with Crippen LogP contribution in [0.15, 0.2) is 18.2 Å². The molecule has 0 atom stereocenters. The molecule has 0 spiro atoms. The number of benzene rings is 1. The van der Waals surface area contributed by atoms with Crippen LogP contribution in [0.2, 0.25) is 0 Å². The fourth-order valence-corrected chi connectivity index (χ4v) is 3.14. The number of methoxy groups -OCH3 is 2. The molecule has 1 N–H and O–H groups in total. The zero-order valence-corrected chi connectivity index (χ0v) is 13.7. The van der Waals surface area contributed by atoms with Crippen LogP contribution in [0, 0.1) is 0 Å². The Balaban J connectivity index is 2.07. The van der Waals surface area contributed by atoms with Gasteiger partial charge in [0.2, 0.25) is 0 Å². The van der Waals surface area contributed by atoms with Crippen molar-refractivity contribution in [3.63, 3.8) is 0 Å². The molecule has 0 amide bonds. The van der Waals surface area contributed by atoms with Gasteiger partial charge in [0.05, 0.1) is 14.2 Å². The predicted molar refractivity (Wildman–Crippen MR) is 86.1 cm³/mol. The maximum absolute atomic E-state index is 5.39. The Morgan fingerprint density at radius 1 is 1.14 bits per heavy atom. The summed E-state index contributed by atoms with van der Waals surface area (Å²) in [6.07, 6.45) is 2.35. The van der Waals surface area contributed by atoms with Gasteiger partial charge in [-0.2, -0.15) is 0 Å². The minimum atomic E-state index is 0.273. The lowest BCUT2D eigenvalue weighted by atomic mass is 9.90. The molecule has 1 fully saturated rings.